The van der Waals surface area contributed by atoms with Crippen LogP contribution in [0.2, 0.25) is 10.0 Å². The molecular formula is C17H11Cl2FN2O2. The van der Waals surface area contributed by atoms with Crippen LogP contribution in [0, 0.1) is 5.82 Å². The van der Waals surface area contributed by atoms with E-state index in [1.165, 1.54) is 22.9 Å². The molecule has 0 bridgehead atoms. The molecule has 0 atom stereocenters. The van der Waals surface area contributed by atoms with Gasteiger partial charge in [-0.25, -0.2) is 9.18 Å². The lowest BCUT2D eigenvalue weighted by Gasteiger charge is -2.07. The number of carbonyl (C=O) groups is 1. The molecule has 1 heterocycles. The Kier molecular flexibility index (Phi) is 4.55. The van der Waals surface area contributed by atoms with Crippen LogP contribution < -0.4 is 0 Å². The quantitative estimate of drug-likeness (QED) is 0.727. The number of hydrogen-bond donors (Lipinski definition) is 1. The van der Waals surface area contributed by atoms with Crippen molar-refractivity contribution in [3.05, 3.63) is 75.7 Å². The maximum absolute atomic E-state index is 13.0. The molecule has 0 unspecified atom stereocenters. The van der Waals surface area contributed by atoms with Gasteiger partial charge in [-0.05, 0) is 54.1 Å². The number of carboxylic acids is 1. The molecule has 0 fully saturated rings. The first-order chi connectivity index (χ1) is 11.4. The van der Waals surface area contributed by atoms with Gasteiger partial charge in [0.1, 0.15) is 11.5 Å². The highest BCUT2D eigenvalue weighted by molar-refractivity contribution is 6.33. The van der Waals surface area contributed by atoms with Gasteiger partial charge in [-0.15, -0.1) is 0 Å². The second kappa shape index (κ2) is 6.63. The van der Waals surface area contributed by atoms with Crippen LogP contribution in [-0.4, -0.2) is 20.9 Å². The normalized spacial score (nSPS) is 10.8. The molecule has 4 nitrogen and oxygen atoms in total. The zero-order valence-electron chi connectivity index (χ0n) is 12.2. The predicted molar refractivity (Wildman–Crippen MR) is 90.1 cm³/mol. The predicted octanol–water partition coefficient (Wildman–Crippen LogP) is 4.74. The van der Waals surface area contributed by atoms with E-state index in [-0.39, 0.29) is 18.1 Å². The minimum atomic E-state index is -1.12. The largest absolute Gasteiger partial charge is 0.477 e. The molecule has 3 aromatic rings. The molecule has 0 aliphatic rings. The minimum Gasteiger partial charge on any atom is -0.477 e. The monoisotopic (exact) mass is 364 g/mol. The Morgan fingerprint density at radius 1 is 1.12 bits per heavy atom. The summed E-state index contributed by atoms with van der Waals surface area (Å²) in [6.07, 6.45) is 0. The van der Waals surface area contributed by atoms with Gasteiger partial charge in [0.2, 0.25) is 0 Å². The van der Waals surface area contributed by atoms with Gasteiger partial charge in [0.25, 0.3) is 0 Å². The molecule has 1 aromatic heterocycles. The summed E-state index contributed by atoms with van der Waals surface area (Å²) < 4.78 is 14.4. The highest BCUT2D eigenvalue weighted by atomic mass is 35.5. The fourth-order valence-corrected chi connectivity index (χ4v) is 2.67. The Bertz CT molecular complexity index is 907. The maximum Gasteiger partial charge on any atom is 0.354 e. The molecule has 0 aliphatic heterocycles. The third-order valence-electron chi connectivity index (χ3n) is 3.47. The van der Waals surface area contributed by atoms with Gasteiger partial charge in [0.05, 0.1) is 12.2 Å². The van der Waals surface area contributed by atoms with Gasteiger partial charge < -0.3 is 5.11 Å². The number of hydrogen-bond acceptors (Lipinski definition) is 2. The number of halogens is 3. The molecular weight excluding hydrogens is 354 g/mol. The van der Waals surface area contributed by atoms with Crippen molar-refractivity contribution in [2.45, 2.75) is 6.54 Å². The molecule has 1 N–H and O–H groups in total. The number of nitrogens with zero attached hydrogens (tertiary/aromatic N) is 2. The second-order valence-corrected chi connectivity index (χ2v) is 5.96. The van der Waals surface area contributed by atoms with Crippen molar-refractivity contribution >= 4 is 29.2 Å². The van der Waals surface area contributed by atoms with Gasteiger partial charge in [-0.2, -0.15) is 5.10 Å². The van der Waals surface area contributed by atoms with Crippen LogP contribution in [0.15, 0.2) is 48.5 Å². The van der Waals surface area contributed by atoms with Gasteiger partial charge in [0.15, 0.2) is 0 Å². The zero-order valence-corrected chi connectivity index (χ0v) is 13.7. The standard InChI is InChI=1S/C17H11Cl2FN2O2/c18-12-3-6-14(19)11(7-12)9-22-16(17(23)24)8-15(21-22)10-1-4-13(20)5-2-10/h1-8H,9H2,(H,23,24). The molecule has 0 amide bonds. The lowest BCUT2D eigenvalue weighted by Crippen LogP contribution is -2.11. The summed E-state index contributed by atoms with van der Waals surface area (Å²) in [7, 11) is 0. The zero-order chi connectivity index (χ0) is 17.3. The van der Waals surface area contributed by atoms with E-state index >= 15 is 0 Å². The van der Waals surface area contributed by atoms with E-state index in [1.54, 1.807) is 30.3 Å². The van der Waals surface area contributed by atoms with Crippen molar-refractivity contribution in [3.63, 3.8) is 0 Å². The van der Waals surface area contributed by atoms with E-state index in [0.717, 1.165) is 0 Å². The summed E-state index contributed by atoms with van der Waals surface area (Å²) in [4.78, 5) is 11.5. The SMILES string of the molecule is O=C(O)c1cc(-c2ccc(F)cc2)nn1Cc1cc(Cl)ccc1Cl. The molecule has 0 saturated heterocycles. The fourth-order valence-electron chi connectivity index (χ4n) is 2.30. The average Bonchev–Trinajstić information content (AvgIpc) is 2.96. The molecule has 7 heteroatoms. The lowest BCUT2D eigenvalue weighted by molar-refractivity contribution is 0.0684. The van der Waals surface area contributed by atoms with Crippen LogP contribution in [-0.2, 0) is 6.54 Å². The Morgan fingerprint density at radius 2 is 1.83 bits per heavy atom. The molecule has 0 saturated carbocycles. The van der Waals surface area contributed by atoms with Crippen molar-refractivity contribution in [1.29, 1.82) is 0 Å². The Balaban J connectivity index is 2.02. The van der Waals surface area contributed by atoms with Gasteiger partial charge >= 0.3 is 5.97 Å². The second-order valence-electron chi connectivity index (χ2n) is 5.12. The number of aromatic carboxylic acids is 1. The summed E-state index contributed by atoms with van der Waals surface area (Å²) in [6.45, 7) is 0.155. The van der Waals surface area contributed by atoms with Crippen molar-refractivity contribution in [3.8, 4) is 11.3 Å². The first-order valence-electron chi connectivity index (χ1n) is 6.95. The molecule has 24 heavy (non-hydrogen) atoms. The Labute approximate surface area is 147 Å². The molecule has 2 aromatic carbocycles. The summed E-state index contributed by atoms with van der Waals surface area (Å²) in [5, 5.41) is 14.7. The maximum atomic E-state index is 13.0. The molecule has 0 aliphatic carbocycles. The highest BCUT2D eigenvalue weighted by Crippen LogP contribution is 2.24. The van der Waals surface area contributed by atoms with Gasteiger partial charge in [-0.3, -0.25) is 4.68 Å². The van der Waals surface area contributed by atoms with Crippen molar-refractivity contribution in [1.82, 2.24) is 9.78 Å². The Morgan fingerprint density at radius 3 is 2.50 bits per heavy atom. The molecule has 122 valence electrons. The summed E-state index contributed by atoms with van der Waals surface area (Å²) in [6, 6.07) is 12.1. The minimum absolute atomic E-state index is 0.00497. The van der Waals surface area contributed by atoms with Crippen LogP contribution >= 0.6 is 23.2 Å². The number of carboxylic acid groups (broad SMARTS) is 1. The summed E-state index contributed by atoms with van der Waals surface area (Å²) >= 11 is 12.1. The van der Waals surface area contributed by atoms with Crippen LogP contribution in [0.4, 0.5) is 4.39 Å². The van der Waals surface area contributed by atoms with E-state index in [9.17, 15) is 14.3 Å². The van der Waals surface area contributed by atoms with Crippen LogP contribution in [0.3, 0.4) is 0 Å². The fraction of sp³-hybridized carbons (Fsp3) is 0.0588. The molecule has 3 rings (SSSR count). The van der Waals surface area contributed by atoms with Crippen molar-refractivity contribution in [2.75, 3.05) is 0 Å². The van der Waals surface area contributed by atoms with Crippen LogP contribution in [0.5, 0.6) is 0 Å². The Hall–Kier alpha value is -2.37. The molecule has 0 spiro atoms. The lowest BCUT2D eigenvalue weighted by atomic mass is 10.1. The van der Waals surface area contributed by atoms with E-state index in [1.807, 2.05) is 0 Å². The van der Waals surface area contributed by atoms with E-state index in [0.29, 0.717) is 26.9 Å². The topological polar surface area (TPSA) is 55.1 Å². The third-order valence-corrected chi connectivity index (χ3v) is 4.07. The van der Waals surface area contributed by atoms with Gasteiger partial charge in [0, 0.05) is 15.6 Å². The van der Waals surface area contributed by atoms with Crippen molar-refractivity contribution in [2.24, 2.45) is 0 Å². The van der Waals surface area contributed by atoms with E-state index < -0.39 is 5.97 Å². The summed E-state index contributed by atoms with van der Waals surface area (Å²) in [5.74, 6) is -1.49. The number of rotatable bonds is 4. The van der Waals surface area contributed by atoms with Crippen LogP contribution in [0.1, 0.15) is 16.1 Å². The average molecular weight is 365 g/mol. The van der Waals surface area contributed by atoms with E-state index in [4.69, 9.17) is 23.2 Å². The third kappa shape index (κ3) is 3.42. The number of aromatic nitrogens is 2. The summed E-state index contributed by atoms with van der Waals surface area (Å²) in [5.41, 5.74) is 1.71. The smallest absolute Gasteiger partial charge is 0.354 e. The highest BCUT2D eigenvalue weighted by Gasteiger charge is 2.16. The number of benzene rings is 2. The van der Waals surface area contributed by atoms with E-state index in [2.05, 4.69) is 5.10 Å². The van der Waals surface area contributed by atoms with Gasteiger partial charge in [-0.1, -0.05) is 23.2 Å². The molecule has 0 radical (unpaired) electrons. The first-order valence-corrected chi connectivity index (χ1v) is 7.70. The van der Waals surface area contributed by atoms with Crippen molar-refractivity contribution < 1.29 is 14.3 Å². The van der Waals surface area contributed by atoms with Crippen LogP contribution in [0.25, 0.3) is 11.3 Å². The first kappa shape index (κ1) is 16.5.